The molecule has 3 rings (SSSR count). The highest BCUT2D eigenvalue weighted by molar-refractivity contribution is 7.92. The van der Waals surface area contributed by atoms with Crippen LogP contribution in [0.3, 0.4) is 0 Å². The van der Waals surface area contributed by atoms with Crippen LogP contribution in [0.1, 0.15) is 0 Å². The van der Waals surface area contributed by atoms with Gasteiger partial charge in [-0.25, -0.2) is 13.2 Å². The number of anilines is 1. The maximum atomic E-state index is 12.6. The second-order valence-electron chi connectivity index (χ2n) is 5.84. The molecule has 0 amide bonds. The van der Waals surface area contributed by atoms with Crippen LogP contribution in [-0.2, 0) is 26.1 Å². The number of hydrogen-bond donors (Lipinski definition) is 1. The van der Waals surface area contributed by atoms with E-state index in [1.165, 1.54) is 12.1 Å². The average Bonchev–Trinajstić information content (AvgIpc) is 2.96. The van der Waals surface area contributed by atoms with E-state index in [1.807, 2.05) is 0 Å². The van der Waals surface area contributed by atoms with Crippen LogP contribution < -0.4 is 15.2 Å². The third-order valence-corrected chi connectivity index (χ3v) is 5.18. The normalized spacial score (nSPS) is 12.0. The van der Waals surface area contributed by atoms with E-state index in [0.29, 0.717) is 0 Å². The van der Waals surface area contributed by atoms with Gasteiger partial charge < -0.3 is 13.9 Å². The number of benzene rings is 2. The van der Waals surface area contributed by atoms with Gasteiger partial charge in [-0.05, 0) is 36.4 Å². The summed E-state index contributed by atoms with van der Waals surface area (Å²) >= 11 is 0. The Bertz CT molecular complexity index is 1250. The van der Waals surface area contributed by atoms with Crippen LogP contribution in [0.2, 0.25) is 0 Å². The van der Waals surface area contributed by atoms with E-state index in [1.54, 1.807) is 0 Å². The second-order valence-corrected chi connectivity index (χ2v) is 7.52. The topological polar surface area (TPSA) is 117 Å². The van der Waals surface area contributed by atoms with Crippen LogP contribution >= 0.6 is 0 Å². The van der Waals surface area contributed by atoms with Gasteiger partial charge in [-0.15, -0.1) is 13.2 Å². The monoisotopic (exact) mass is 446 g/mol. The molecule has 0 radical (unpaired) electrons. The van der Waals surface area contributed by atoms with Crippen molar-refractivity contribution in [3.63, 3.8) is 0 Å². The molecule has 0 unspecified atom stereocenters. The zero-order valence-electron chi connectivity index (χ0n) is 15.1. The highest BCUT2D eigenvalue weighted by atomic mass is 32.2. The summed E-state index contributed by atoms with van der Waals surface area (Å²) in [6, 6.07) is 7.59. The van der Waals surface area contributed by atoms with E-state index in [2.05, 4.69) is 14.2 Å². The van der Waals surface area contributed by atoms with Gasteiger partial charge in [-0.1, -0.05) is 0 Å². The molecule has 3 aromatic rings. The zero-order valence-corrected chi connectivity index (χ0v) is 15.9. The molecular formula is C17H13F3N2O7S. The number of sulfonamides is 1. The summed E-state index contributed by atoms with van der Waals surface area (Å²) in [5, 5.41) is 0. The van der Waals surface area contributed by atoms with Gasteiger partial charge in [0.05, 0.1) is 17.5 Å². The number of nitrogens with one attached hydrogen (secondary N) is 1. The van der Waals surface area contributed by atoms with Gasteiger partial charge in [0.2, 0.25) is 0 Å². The number of ether oxygens (including phenoxy) is 2. The van der Waals surface area contributed by atoms with Crippen molar-refractivity contribution in [1.29, 1.82) is 0 Å². The average molecular weight is 446 g/mol. The fraction of sp³-hybridized carbons (Fsp3) is 0.176. The summed E-state index contributed by atoms with van der Waals surface area (Å²) < 4.78 is 78.0. The quantitative estimate of drug-likeness (QED) is 0.578. The third kappa shape index (κ3) is 4.74. The van der Waals surface area contributed by atoms with Crippen molar-refractivity contribution in [2.45, 2.75) is 17.8 Å². The molecule has 160 valence electrons. The lowest BCUT2D eigenvalue weighted by Crippen LogP contribution is -2.20. The van der Waals surface area contributed by atoms with Crippen LogP contribution in [0, 0.1) is 0 Å². The summed E-state index contributed by atoms with van der Waals surface area (Å²) in [5.41, 5.74) is 0.0769. The largest absolute Gasteiger partial charge is 0.573 e. The van der Waals surface area contributed by atoms with Crippen molar-refractivity contribution >= 4 is 32.8 Å². The number of fused-ring (bicyclic) bond motifs is 1. The number of hydrogen-bond acceptors (Lipinski definition) is 7. The van der Waals surface area contributed by atoms with E-state index < -0.39 is 40.4 Å². The summed E-state index contributed by atoms with van der Waals surface area (Å²) in [4.78, 5) is 23.0. The van der Waals surface area contributed by atoms with Crippen molar-refractivity contribution in [3.8, 4) is 5.75 Å². The molecule has 1 aromatic heterocycles. The predicted octanol–water partition coefficient (Wildman–Crippen LogP) is 2.47. The van der Waals surface area contributed by atoms with Crippen LogP contribution in [0.4, 0.5) is 18.9 Å². The van der Waals surface area contributed by atoms with Crippen LogP contribution in [0.25, 0.3) is 11.1 Å². The fourth-order valence-electron chi connectivity index (χ4n) is 2.50. The first-order chi connectivity index (χ1) is 14.0. The molecule has 1 heterocycles. The van der Waals surface area contributed by atoms with Gasteiger partial charge in [-0.3, -0.25) is 14.1 Å². The number of carbonyl (C=O) groups is 1. The Morgan fingerprint density at radius 2 is 1.83 bits per heavy atom. The van der Waals surface area contributed by atoms with Crippen molar-refractivity contribution in [2.24, 2.45) is 0 Å². The number of methoxy groups -OCH3 is 1. The van der Waals surface area contributed by atoms with Crippen molar-refractivity contribution in [3.05, 3.63) is 53.0 Å². The lowest BCUT2D eigenvalue weighted by atomic mass is 10.3. The molecule has 0 saturated heterocycles. The molecule has 0 aliphatic rings. The van der Waals surface area contributed by atoms with Crippen molar-refractivity contribution < 1.29 is 40.3 Å². The van der Waals surface area contributed by atoms with Gasteiger partial charge in [0.15, 0.2) is 5.58 Å². The number of alkyl halides is 3. The molecule has 0 saturated carbocycles. The molecule has 2 aromatic carbocycles. The molecule has 30 heavy (non-hydrogen) atoms. The number of oxazole rings is 1. The lowest BCUT2D eigenvalue weighted by molar-refractivity contribution is -0.274. The first kappa shape index (κ1) is 21.2. The Kier molecular flexibility index (Phi) is 5.48. The van der Waals surface area contributed by atoms with Gasteiger partial charge in [0.1, 0.15) is 12.3 Å². The third-order valence-electron chi connectivity index (χ3n) is 3.81. The molecular weight excluding hydrogens is 433 g/mol. The lowest BCUT2D eigenvalue weighted by Gasteiger charge is -2.11. The standard InChI is InChI=1S/C17H13F3N2O7S/c1-27-15(23)9-22-13-7-6-12(8-14(13)28-16(22)24)30(25,26)21-10-2-4-11(5-3-10)29-17(18,19)20/h2-8,21H,9H2,1H3. The van der Waals surface area contributed by atoms with Gasteiger partial charge in [-0.2, -0.15) is 0 Å². The number of nitrogens with zero attached hydrogens (tertiary/aromatic N) is 1. The van der Waals surface area contributed by atoms with Gasteiger partial charge in [0, 0.05) is 11.8 Å². The molecule has 9 nitrogen and oxygen atoms in total. The molecule has 0 atom stereocenters. The Balaban J connectivity index is 1.85. The molecule has 13 heteroatoms. The first-order valence-corrected chi connectivity index (χ1v) is 9.56. The Labute approximate surface area is 166 Å². The summed E-state index contributed by atoms with van der Waals surface area (Å²) in [5.74, 6) is -2.09. The van der Waals surface area contributed by atoms with Crippen molar-refractivity contribution in [2.75, 3.05) is 11.8 Å². The highest BCUT2D eigenvalue weighted by Crippen LogP contribution is 2.26. The van der Waals surface area contributed by atoms with E-state index in [-0.39, 0.29) is 21.7 Å². The molecule has 0 aliphatic heterocycles. The van der Waals surface area contributed by atoms with Gasteiger partial charge >= 0.3 is 18.1 Å². The minimum atomic E-state index is -4.87. The number of esters is 1. The van der Waals surface area contributed by atoms with Crippen LogP contribution in [0.15, 0.2) is 56.6 Å². The number of aromatic nitrogens is 1. The minimum absolute atomic E-state index is 0.0191. The van der Waals surface area contributed by atoms with E-state index >= 15 is 0 Å². The van der Waals surface area contributed by atoms with E-state index in [9.17, 15) is 31.2 Å². The SMILES string of the molecule is COC(=O)Cn1c(=O)oc2cc(S(=O)(=O)Nc3ccc(OC(F)(F)F)cc3)ccc21. The molecule has 0 bridgehead atoms. The molecule has 0 aliphatic carbocycles. The predicted molar refractivity (Wildman–Crippen MR) is 96.4 cm³/mol. The summed E-state index contributed by atoms with van der Waals surface area (Å²) in [7, 11) is -3.01. The van der Waals surface area contributed by atoms with Crippen molar-refractivity contribution in [1.82, 2.24) is 4.57 Å². The van der Waals surface area contributed by atoms with Gasteiger partial charge in [0.25, 0.3) is 10.0 Å². The van der Waals surface area contributed by atoms with E-state index in [0.717, 1.165) is 42.0 Å². The Morgan fingerprint density at radius 3 is 2.43 bits per heavy atom. The molecule has 1 N–H and O–H groups in total. The molecule has 0 fully saturated rings. The fourth-order valence-corrected chi connectivity index (χ4v) is 3.57. The van der Waals surface area contributed by atoms with Crippen LogP contribution in [0.5, 0.6) is 5.75 Å². The van der Waals surface area contributed by atoms with E-state index in [4.69, 9.17) is 4.42 Å². The Morgan fingerprint density at radius 1 is 1.17 bits per heavy atom. The van der Waals surface area contributed by atoms with Crippen LogP contribution in [-0.4, -0.2) is 32.4 Å². The number of halogens is 3. The number of carbonyl (C=O) groups excluding carboxylic acids is 1. The minimum Gasteiger partial charge on any atom is -0.468 e. The zero-order chi connectivity index (χ0) is 22.1. The molecule has 0 spiro atoms. The smallest absolute Gasteiger partial charge is 0.468 e. The second kappa shape index (κ2) is 7.74. The Hall–Kier alpha value is -3.48. The maximum absolute atomic E-state index is 12.6. The number of rotatable bonds is 6. The highest BCUT2D eigenvalue weighted by Gasteiger charge is 2.31. The summed E-state index contributed by atoms with van der Waals surface area (Å²) in [6.45, 7) is -0.418. The first-order valence-electron chi connectivity index (χ1n) is 8.07. The maximum Gasteiger partial charge on any atom is 0.573 e. The summed E-state index contributed by atoms with van der Waals surface area (Å²) in [6.07, 6.45) is -4.87.